The van der Waals surface area contributed by atoms with Crippen LogP contribution in [0.1, 0.15) is 61.5 Å². The third-order valence-electron chi connectivity index (χ3n) is 4.99. The first kappa shape index (κ1) is 18.7. The normalized spacial score (nSPS) is 19.9. The number of allylic oxidation sites excluding steroid dienone is 2. The lowest BCUT2D eigenvalue weighted by Crippen LogP contribution is -2.30. The maximum absolute atomic E-state index is 12.4. The number of anilines is 1. The molecule has 0 bridgehead atoms. The summed E-state index contributed by atoms with van der Waals surface area (Å²) in [7, 11) is 0. The molecule has 6 heteroatoms. The first-order chi connectivity index (χ1) is 12.6. The lowest BCUT2D eigenvalue weighted by Gasteiger charge is -2.14. The molecular weight excluding hydrogens is 348 g/mol. The van der Waals surface area contributed by atoms with Crippen LogP contribution in [0.25, 0.3) is 0 Å². The molecule has 3 rings (SSSR count). The molecule has 1 amide bonds. The summed E-state index contributed by atoms with van der Waals surface area (Å²) in [6, 6.07) is 2.25. The van der Waals surface area contributed by atoms with Gasteiger partial charge in [-0.25, -0.2) is 0 Å². The smallest absolute Gasteiger partial charge is 0.307 e. The van der Waals surface area contributed by atoms with E-state index >= 15 is 0 Å². The Morgan fingerprint density at radius 3 is 2.92 bits per heavy atom. The van der Waals surface area contributed by atoms with E-state index in [9.17, 15) is 14.9 Å². The molecule has 1 heterocycles. The average molecular weight is 372 g/mol. The van der Waals surface area contributed by atoms with Gasteiger partial charge in [-0.2, -0.15) is 5.26 Å². The second-order valence-corrected chi connectivity index (χ2v) is 8.08. The van der Waals surface area contributed by atoms with E-state index in [0.29, 0.717) is 17.0 Å². The van der Waals surface area contributed by atoms with E-state index in [2.05, 4.69) is 17.5 Å². The number of esters is 1. The zero-order chi connectivity index (χ0) is 18.5. The van der Waals surface area contributed by atoms with Gasteiger partial charge in [0.25, 0.3) is 5.91 Å². The Labute approximate surface area is 158 Å². The number of hydrogen-bond acceptors (Lipinski definition) is 5. The predicted molar refractivity (Wildman–Crippen MR) is 101 cm³/mol. The molecule has 1 aromatic rings. The number of ether oxygens (including phenoxy) is 1. The fourth-order valence-corrected chi connectivity index (χ4v) is 4.78. The molecule has 0 unspecified atom stereocenters. The lowest BCUT2D eigenvalue weighted by molar-refractivity contribution is -0.153. The Bertz CT molecular complexity index is 760. The maximum atomic E-state index is 12.4. The number of hydrogen-bond donors (Lipinski definition) is 1. The van der Waals surface area contributed by atoms with Crippen molar-refractivity contribution in [1.82, 2.24) is 0 Å². The molecule has 0 aliphatic heterocycles. The lowest BCUT2D eigenvalue weighted by atomic mass is 10.1. The van der Waals surface area contributed by atoms with Gasteiger partial charge in [0.05, 0.1) is 12.0 Å². The van der Waals surface area contributed by atoms with Gasteiger partial charge in [-0.3, -0.25) is 9.59 Å². The number of nitrogens with zero attached hydrogens (tertiary/aromatic N) is 1. The van der Waals surface area contributed by atoms with Crippen molar-refractivity contribution in [3.63, 3.8) is 0 Å². The second kappa shape index (κ2) is 8.50. The number of rotatable bonds is 5. The van der Waals surface area contributed by atoms with E-state index in [1.54, 1.807) is 6.92 Å². The van der Waals surface area contributed by atoms with E-state index < -0.39 is 6.10 Å². The Morgan fingerprint density at radius 1 is 1.38 bits per heavy atom. The summed E-state index contributed by atoms with van der Waals surface area (Å²) in [6.45, 7) is 1.57. The van der Waals surface area contributed by atoms with Crippen molar-refractivity contribution >= 4 is 28.2 Å². The van der Waals surface area contributed by atoms with Gasteiger partial charge in [-0.15, -0.1) is 11.3 Å². The number of nitriles is 1. The molecule has 0 aromatic carbocycles. The van der Waals surface area contributed by atoms with Crippen LogP contribution >= 0.6 is 11.3 Å². The molecule has 2 aliphatic rings. The summed E-state index contributed by atoms with van der Waals surface area (Å²) in [4.78, 5) is 25.6. The van der Waals surface area contributed by atoms with Crippen molar-refractivity contribution in [3.05, 3.63) is 28.2 Å². The second-order valence-electron chi connectivity index (χ2n) is 6.97. The zero-order valence-corrected chi connectivity index (χ0v) is 15.9. The standard InChI is InChI=1S/C20H24N2O3S/c1-13(25-18(23)11-14-7-5-6-8-14)19(24)22-20-16(12-21)15-9-3-2-4-10-17(15)26-20/h5,7,13-14H,2-4,6,8-11H2,1H3,(H,22,24)/t13-,14+/m0/s1. The highest BCUT2D eigenvalue weighted by atomic mass is 32.1. The topological polar surface area (TPSA) is 79.2 Å². The first-order valence-corrected chi connectivity index (χ1v) is 10.1. The zero-order valence-electron chi connectivity index (χ0n) is 15.0. The van der Waals surface area contributed by atoms with Crippen LogP contribution < -0.4 is 5.32 Å². The minimum Gasteiger partial charge on any atom is -0.453 e. The van der Waals surface area contributed by atoms with Crippen molar-refractivity contribution in [3.8, 4) is 6.07 Å². The minimum absolute atomic E-state index is 0.218. The first-order valence-electron chi connectivity index (χ1n) is 9.30. The quantitative estimate of drug-likeness (QED) is 0.479. The summed E-state index contributed by atoms with van der Waals surface area (Å²) in [6.07, 6.45) is 10.7. The van der Waals surface area contributed by atoms with Crippen molar-refractivity contribution in [1.29, 1.82) is 5.26 Å². The van der Waals surface area contributed by atoms with Crippen molar-refractivity contribution in [2.75, 3.05) is 5.32 Å². The average Bonchev–Trinajstić information content (AvgIpc) is 3.16. The Hall–Kier alpha value is -2.13. The summed E-state index contributed by atoms with van der Waals surface area (Å²) >= 11 is 1.49. The van der Waals surface area contributed by atoms with Crippen LogP contribution in [0, 0.1) is 17.2 Å². The van der Waals surface area contributed by atoms with Crippen LogP contribution in [0.4, 0.5) is 5.00 Å². The predicted octanol–water partition coefficient (Wildman–Crippen LogP) is 4.12. The molecule has 0 fully saturated rings. The van der Waals surface area contributed by atoms with Gasteiger partial charge < -0.3 is 10.1 Å². The van der Waals surface area contributed by atoms with Crippen molar-refractivity contribution < 1.29 is 14.3 Å². The molecule has 2 aliphatic carbocycles. The highest BCUT2D eigenvalue weighted by Crippen LogP contribution is 2.37. The number of fused-ring (bicyclic) bond motifs is 1. The van der Waals surface area contributed by atoms with Crippen molar-refractivity contribution in [2.45, 2.75) is 64.4 Å². The minimum atomic E-state index is -0.874. The molecule has 1 N–H and O–H groups in total. The number of thiophene rings is 1. The van der Waals surface area contributed by atoms with Crippen LogP contribution in [0.15, 0.2) is 12.2 Å². The largest absolute Gasteiger partial charge is 0.453 e. The van der Waals surface area contributed by atoms with Crippen LogP contribution in [-0.2, 0) is 27.2 Å². The molecule has 2 atom stereocenters. The molecule has 0 radical (unpaired) electrons. The van der Waals surface area contributed by atoms with Crippen LogP contribution in [0.3, 0.4) is 0 Å². The van der Waals surface area contributed by atoms with Gasteiger partial charge >= 0.3 is 5.97 Å². The SMILES string of the molecule is C[C@H](OC(=O)C[C@@H]1C=CCC1)C(=O)Nc1sc2c(c1C#N)CCCCC2. The van der Waals surface area contributed by atoms with E-state index in [-0.39, 0.29) is 17.8 Å². The third kappa shape index (κ3) is 4.34. The van der Waals surface area contributed by atoms with Gasteiger partial charge in [0.15, 0.2) is 6.10 Å². The fraction of sp³-hybridized carbons (Fsp3) is 0.550. The monoisotopic (exact) mass is 372 g/mol. The molecule has 0 spiro atoms. The van der Waals surface area contributed by atoms with E-state index in [1.807, 2.05) is 6.08 Å². The van der Waals surface area contributed by atoms with Crippen LogP contribution in [0.2, 0.25) is 0 Å². The summed E-state index contributed by atoms with van der Waals surface area (Å²) in [5, 5.41) is 12.9. The van der Waals surface area contributed by atoms with Gasteiger partial charge in [0.1, 0.15) is 11.1 Å². The molecular formula is C20H24N2O3S. The van der Waals surface area contributed by atoms with E-state index in [0.717, 1.165) is 44.1 Å². The van der Waals surface area contributed by atoms with Gasteiger partial charge in [0, 0.05) is 4.88 Å². The third-order valence-corrected chi connectivity index (χ3v) is 6.20. The Kier molecular flexibility index (Phi) is 6.10. The molecule has 0 saturated heterocycles. The number of aryl methyl sites for hydroxylation is 1. The number of carbonyl (C=O) groups is 2. The summed E-state index contributed by atoms with van der Waals surface area (Å²) in [5.41, 5.74) is 1.66. The highest BCUT2D eigenvalue weighted by Gasteiger charge is 2.25. The van der Waals surface area contributed by atoms with Gasteiger partial charge in [0.2, 0.25) is 0 Å². The maximum Gasteiger partial charge on any atom is 0.307 e. The van der Waals surface area contributed by atoms with Crippen LogP contribution in [-0.4, -0.2) is 18.0 Å². The van der Waals surface area contributed by atoms with Gasteiger partial charge in [-0.1, -0.05) is 18.6 Å². The molecule has 5 nitrogen and oxygen atoms in total. The fourth-order valence-electron chi connectivity index (χ4n) is 3.54. The summed E-state index contributed by atoms with van der Waals surface area (Å²) in [5.74, 6) is -0.518. The molecule has 1 aromatic heterocycles. The number of amides is 1. The Morgan fingerprint density at radius 2 is 2.19 bits per heavy atom. The highest BCUT2D eigenvalue weighted by molar-refractivity contribution is 7.16. The molecule has 26 heavy (non-hydrogen) atoms. The number of nitrogens with one attached hydrogen (secondary N) is 1. The number of carbonyl (C=O) groups excluding carboxylic acids is 2. The van der Waals surface area contributed by atoms with E-state index in [4.69, 9.17) is 4.74 Å². The Balaban J connectivity index is 1.61. The van der Waals surface area contributed by atoms with E-state index in [1.165, 1.54) is 22.6 Å². The van der Waals surface area contributed by atoms with Gasteiger partial charge in [-0.05, 0) is 56.9 Å². The molecule has 0 saturated carbocycles. The molecule has 138 valence electrons. The van der Waals surface area contributed by atoms with Crippen molar-refractivity contribution in [2.24, 2.45) is 5.92 Å². The summed E-state index contributed by atoms with van der Waals surface area (Å²) < 4.78 is 5.28. The van der Waals surface area contributed by atoms with Crippen LogP contribution in [0.5, 0.6) is 0 Å².